The SMILES string of the molecule is Cc1cnc(C)c2ocnc12. The van der Waals surface area contributed by atoms with Crippen molar-refractivity contribution in [2.75, 3.05) is 0 Å². The molecule has 3 nitrogen and oxygen atoms in total. The first kappa shape index (κ1) is 6.34. The fourth-order valence-corrected chi connectivity index (χ4v) is 1.10. The molecule has 0 spiro atoms. The van der Waals surface area contributed by atoms with E-state index < -0.39 is 0 Å². The molecule has 3 heteroatoms. The molecule has 0 saturated carbocycles. The molecular formula is C8H8N2O. The van der Waals surface area contributed by atoms with Crippen LogP contribution in [-0.2, 0) is 0 Å². The molecule has 0 bridgehead atoms. The van der Waals surface area contributed by atoms with Crippen LogP contribution in [0.3, 0.4) is 0 Å². The van der Waals surface area contributed by atoms with E-state index in [1.54, 1.807) is 6.20 Å². The van der Waals surface area contributed by atoms with E-state index in [2.05, 4.69) is 9.97 Å². The van der Waals surface area contributed by atoms with E-state index in [0.29, 0.717) is 0 Å². The van der Waals surface area contributed by atoms with Gasteiger partial charge in [-0.25, -0.2) is 4.98 Å². The molecule has 2 heterocycles. The summed E-state index contributed by atoms with van der Waals surface area (Å²) in [5.41, 5.74) is 3.66. The van der Waals surface area contributed by atoms with Gasteiger partial charge in [-0.2, -0.15) is 0 Å². The minimum Gasteiger partial charge on any atom is -0.442 e. The van der Waals surface area contributed by atoms with Gasteiger partial charge in [0.25, 0.3) is 0 Å². The number of pyridine rings is 1. The van der Waals surface area contributed by atoms with Crippen LogP contribution in [0.5, 0.6) is 0 Å². The summed E-state index contributed by atoms with van der Waals surface area (Å²) in [6.45, 7) is 3.88. The number of fused-ring (bicyclic) bond motifs is 1. The monoisotopic (exact) mass is 148 g/mol. The van der Waals surface area contributed by atoms with Gasteiger partial charge in [0.05, 0.1) is 5.69 Å². The quantitative estimate of drug-likeness (QED) is 0.572. The standard InChI is InChI=1S/C8H8N2O/c1-5-3-9-6(2)8-7(5)10-4-11-8/h3-4H,1-2H3. The summed E-state index contributed by atoms with van der Waals surface area (Å²) in [6.07, 6.45) is 3.26. The number of aryl methyl sites for hydroxylation is 2. The van der Waals surface area contributed by atoms with Crippen molar-refractivity contribution in [2.24, 2.45) is 0 Å². The van der Waals surface area contributed by atoms with Gasteiger partial charge in [-0.3, -0.25) is 4.98 Å². The van der Waals surface area contributed by atoms with E-state index in [9.17, 15) is 0 Å². The second-order valence-electron chi connectivity index (χ2n) is 2.56. The Balaban J connectivity index is 2.96. The number of hydrogen-bond acceptors (Lipinski definition) is 3. The van der Waals surface area contributed by atoms with Gasteiger partial charge in [-0.1, -0.05) is 0 Å². The second-order valence-corrected chi connectivity index (χ2v) is 2.56. The Labute approximate surface area is 64.1 Å². The zero-order valence-electron chi connectivity index (χ0n) is 6.46. The molecule has 2 aromatic rings. The number of aromatic nitrogens is 2. The van der Waals surface area contributed by atoms with Crippen molar-refractivity contribution in [2.45, 2.75) is 13.8 Å². The molecule has 56 valence electrons. The molecule has 0 N–H and O–H groups in total. The fraction of sp³-hybridized carbons (Fsp3) is 0.250. The summed E-state index contributed by atoms with van der Waals surface area (Å²) in [5, 5.41) is 0. The Morgan fingerprint density at radius 2 is 2.09 bits per heavy atom. The number of rotatable bonds is 0. The van der Waals surface area contributed by atoms with Crippen LogP contribution in [-0.4, -0.2) is 9.97 Å². The molecule has 2 rings (SSSR count). The summed E-state index contributed by atoms with van der Waals surface area (Å²) in [4.78, 5) is 8.22. The topological polar surface area (TPSA) is 38.9 Å². The molecule has 2 aromatic heterocycles. The van der Waals surface area contributed by atoms with E-state index in [1.807, 2.05) is 13.8 Å². The molecule has 0 amide bonds. The molecule has 11 heavy (non-hydrogen) atoms. The number of oxazole rings is 1. The lowest BCUT2D eigenvalue weighted by Gasteiger charge is -1.94. The smallest absolute Gasteiger partial charge is 0.182 e. The van der Waals surface area contributed by atoms with E-state index >= 15 is 0 Å². The highest BCUT2D eigenvalue weighted by molar-refractivity contribution is 5.77. The number of hydrogen-bond donors (Lipinski definition) is 0. The van der Waals surface area contributed by atoms with Crippen molar-refractivity contribution in [3.05, 3.63) is 23.8 Å². The van der Waals surface area contributed by atoms with Gasteiger partial charge in [0.2, 0.25) is 0 Å². The van der Waals surface area contributed by atoms with Crippen molar-refractivity contribution in [1.29, 1.82) is 0 Å². The van der Waals surface area contributed by atoms with Gasteiger partial charge in [-0.15, -0.1) is 0 Å². The van der Waals surface area contributed by atoms with Crippen molar-refractivity contribution in [3.63, 3.8) is 0 Å². The number of nitrogens with zero attached hydrogens (tertiary/aromatic N) is 2. The van der Waals surface area contributed by atoms with Crippen molar-refractivity contribution >= 4 is 11.1 Å². The lowest BCUT2D eigenvalue weighted by Crippen LogP contribution is -1.84. The predicted octanol–water partition coefficient (Wildman–Crippen LogP) is 1.84. The highest BCUT2D eigenvalue weighted by Gasteiger charge is 2.04. The third-order valence-corrected chi connectivity index (χ3v) is 1.72. The third kappa shape index (κ3) is 0.808. The summed E-state index contributed by atoms with van der Waals surface area (Å²) in [7, 11) is 0. The van der Waals surface area contributed by atoms with Gasteiger partial charge >= 0.3 is 0 Å². The highest BCUT2D eigenvalue weighted by Crippen LogP contribution is 2.17. The van der Waals surface area contributed by atoms with Crippen molar-refractivity contribution in [1.82, 2.24) is 9.97 Å². The van der Waals surface area contributed by atoms with Gasteiger partial charge in [-0.05, 0) is 19.4 Å². The van der Waals surface area contributed by atoms with E-state index in [0.717, 1.165) is 22.4 Å². The molecule has 0 radical (unpaired) electrons. The van der Waals surface area contributed by atoms with Gasteiger partial charge < -0.3 is 4.42 Å². The summed E-state index contributed by atoms with van der Waals surface area (Å²) in [6, 6.07) is 0. The maximum absolute atomic E-state index is 5.16. The predicted molar refractivity (Wildman–Crippen MR) is 41.3 cm³/mol. The Bertz CT molecular complexity index is 356. The first-order valence-corrected chi connectivity index (χ1v) is 3.44. The molecule has 0 saturated heterocycles. The van der Waals surface area contributed by atoms with Gasteiger partial charge in [0, 0.05) is 6.20 Å². The molecule has 0 fully saturated rings. The van der Waals surface area contributed by atoms with Crippen LogP contribution in [0, 0.1) is 13.8 Å². The van der Waals surface area contributed by atoms with E-state index in [4.69, 9.17) is 4.42 Å². The van der Waals surface area contributed by atoms with Crippen LogP contribution in [0.15, 0.2) is 17.0 Å². The van der Waals surface area contributed by atoms with Crippen LogP contribution >= 0.6 is 0 Å². The van der Waals surface area contributed by atoms with Crippen LogP contribution in [0.25, 0.3) is 11.1 Å². The van der Waals surface area contributed by atoms with Crippen LogP contribution in [0.2, 0.25) is 0 Å². The Morgan fingerprint density at radius 3 is 2.82 bits per heavy atom. The molecular weight excluding hydrogens is 140 g/mol. The fourth-order valence-electron chi connectivity index (χ4n) is 1.10. The summed E-state index contributed by atoms with van der Waals surface area (Å²) < 4.78 is 5.16. The minimum atomic E-state index is 0.796. The first-order chi connectivity index (χ1) is 5.29. The zero-order valence-corrected chi connectivity index (χ0v) is 6.46. The Morgan fingerprint density at radius 1 is 1.27 bits per heavy atom. The molecule has 0 aliphatic carbocycles. The molecule has 0 atom stereocenters. The Hall–Kier alpha value is -1.38. The van der Waals surface area contributed by atoms with Crippen LogP contribution in [0.1, 0.15) is 11.3 Å². The normalized spacial score (nSPS) is 10.7. The lowest BCUT2D eigenvalue weighted by molar-refractivity contribution is 0.598. The largest absolute Gasteiger partial charge is 0.442 e. The van der Waals surface area contributed by atoms with E-state index in [1.165, 1.54) is 6.39 Å². The molecule has 0 aromatic carbocycles. The third-order valence-electron chi connectivity index (χ3n) is 1.72. The first-order valence-electron chi connectivity index (χ1n) is 3.44. The molecule has 0 aliphatic rings. The van der Waals surface area contributed by atoms with Crippen LogP contribution < -0.4 is 0 Å². The maximum Gasteiger partial charge on any atom is 0.182 e. The molecule has 0 aliphatic heterocycles. The maximum atomic E-state index is 5.16. The van der Waals surface area contributed by atoms with Crippen molar-refractivity contribution < 1.29 is 4.42 Å². The summed E-state index contributed by atoms with van der Waals surface area (Å²) >= 11 is 0. The average molecular weight is 148 g/mol. The minimum absolute atomic E-state index is 0.796. The zero-order chi connectivity index (χ0) is 7.84. The molecule has 0 unspecified atom stereocenters. The lowest BCUT2D eigenvalue weighted by atomic mass is 10.2. The van der Waals surface area contributed by atoms with Crippen molar-refractivity contribution in [3.8, 4) is 0 Å². The summed E-state index contributed by atoms with van der Waals surface area (Å²) in [5.74, 6) is 0. The Kier molecular flexibility index (Phi) is 1.18. The highest BCUT2D eigenvalue weighted by atomic mass is 16.3. The van der Waals surface area contributed by atoms with Gasteiger partial charge in [0.1, 0.15) is 5.52 Å². The van der Waals surface area contributed by atoms with E-state index in [-0.39, 0.29) is 0 Å². The van der Waals surface area contributed by atoms with Crippen LogP contribution in [0.4, 0.5) is 0 Å². The second kappa shape index (κ2) is 2.05. The average Bonchev–Trinajstić information content (AvgIpc) is 2.45. The van der Waals surface area contributed by atoms with Gasteiger partial charge in [0.15, 0.2) is 12.0 Å².